The zero-order chi connectivity index (χ0) is 36.6. The molecule has 0 atom stereocenters. The van der Waals surface area contributed by atoms with Gasteiger partial charge in [0, 0.05) is 17.1 Å². The highest BCUT2D eigenvalue weighted by atomic mass is 15.1. The summed E-state index contributed by atoms with van der Waals surface area (Å²) in [6.07, 6.45) is 0. The maximum atomic E-state index is 2.36. The van der Waals surface area contributed by atoms with Crippen molar-refractivity contribution in [1.82, 2.24) is 0 Å². The first-order valence-electron chi connectivity index (χ1n) is 18.9. The van der Waals surface area contributed by atoms with Gasteiger partial charge >= 0.3 is 0 Å². The summed E-state index contributed by atoms with van der Waals surface area (Å²) in [7, 11) is 0. The van der Waals surface area contributed by atoms with Gasteiger partial charge in [-0.15, -0.1) is 0 Å². The molecule has 0 saturated carbocycles. The van der Waals surface area contributed by atoms with Crippen LogP contribution in [0.1, 0.15) is 0 Å². The van der Waals surface area contributed by atoms with Gasteiger partial charge in [0.05, 0.1) is 0 Å². The normalized spacial score (nSPS) is 11.3. The molecule has 10 rings (SSSR count). The fraction of sp³-hybridized carbons (Fsp3) is 0. The van der Waals surface area contributed by atoms with E-state index in [9.17, 15) is 0 Å². The van der Waals surface area contributed by atoms with E-state index >= 15 is 0 Å². The predicted octanol–water partition coefficient (Wildman–Crippen LogP) is 15.3. The van der Waals surface area contributed by atoms with E-state index in [0.717, 1.165) is 17.1 Å². The second kappa shape index (κ2) is 14.0. The molecule has 0 aromatic heterocycles. The lowest BCUT2D eigenvalue weighted by Gasteiger charge is -2.26. The van der Waals surface area contributed by atoms with Crippen molar-refractivity contribution in [3.63, 3.8) is 0 Å². The highest BCUT2D eigenvalue weighted by molar-refractivity contribution is 6.09. The van der Waals surface area contributed by atoms with Gasteiger partial charge in [-0.25, -0.2) is 0 Å². The monoisotopic (exact) mass is 699 g/mol. The number of hydrogen-bond acceptors (Lipinski definition) is 1. The largest absolute Gasteiger partial charge is 0.311 e. The third-order valence-corrected chi connectivity index (χ3v) is 10.9. The van der Waals surface area contributed by atoms with Crippen LogP contribution in [0, 0.1) is 0 Å². The van der Waals surface area contributed by atoms with Crippen LogP contribution in [0.4, 0.5) is 17.1 Å². The molecule has 0 aliphatic carbocycles. The number of fused-ring (bicyclic) bond motifs is 3. The average molecular weight is 700 g/mol. The molecule has 258 valence electrons. The number of hydrogen-bond donors (Lipinski definition) is 0. The van der Waals surface area contributed by atoms with Crippen molar-refractivity contribution in [1.29, 1.82) is 0 Å². The maximum Gasteiger partial charge on any atom is 0.0462 e. The van der Waals surface area contributed by atoms with Gasteiger partial charge in [0.2, 0.25) is 0 Å². The van der Waals surface area contributed by atoms with Crippen LogP contribution in [0.25, 0.3) is 76.8 Å². The van der Waals surface area contributed by atoms with Gasteiger partial charge in [0.1, 0.15) is 0 Å². The number of nitrogens with zero attached hydrogens (tertiary/aromatic N) is 1. The Balaban J connectivity index is 1.09. The van der Waals surface area contributed by atoms with Crippen molar-refractivity contribution in [2.24, 2.45) is 0 Å². The first kappa shape index (κ1) is 32.4. The van der Waals surface area contributed by atoms with Gasteiger partial charge in [0.15, 0.2) is 0 Å². The fourth-order valence-electron chi connectivity index (χ4n) is 8.19. The minimum Gasteiger partial charge on any atom is -0.311 e. The van der Waals surface area contributed by atoms with Crippen molar-refractivity contribution < 1.29 is 0 Å². The van der Waals surface area contributed by atoms with Crippen LogP contribution < -0.4 is 4.90 Å². The van der Waals surface area contributed by atoms with E-state index in [1.807, 2.05) is 0 Å². The number of benzene rings is 10. The first-order valence-corrected chi connectivity index (χ1v) is 18.9. The van der Waals surface area contributed by atoms with E-state index in [-0.39, 0.29) is 0 Å². The maximum absolute atomic E-state index is 2.36. The van der Waals surface area contributed by atoms with Gasteiger partial charge < -0.3 is 4.90 Å². The summed E-state index contributed by atoms with van der Waals surface area (Å²) < 4.78 is 0. The smallest absolute Gasteiger partial charge is 0.0462 e. The van der Waals surface area contributed by atoms with E-state index < -0.39 is 0 Å². The molecule has 0 heterocycles. The summed E-state index contributed by atoms with van der Waals surface area (Å²) in [6, 6.07) is 81.4. The Labute approximate surface area is 322 Å². The lowest BCUT2D eigenvalue weighted by Crippen LogP contribution is -2.09. The third-order valence-electron chi connectivity index (χ3n) is 10.9. The van der Waals surface area contributed by atoms with Crippen LogP contribution in [0.5, 0.6) is 0 Å². The van der Waals surface area contributed by atoms with Crippen molar-refractivity contribution in [3.05, 3.63) is 224 Å². The quantitative estimate of drug-likeness (QED) is 0.160. The van der Waals surface area contributed by atoms with Crippen LogP contribution in [0.2, 0.25) is 0 Å². The molecule has 55 heavy (non-hydrogen) atoms. The molecule has 0 radical (unpaired) electrons. The molecule has 0 unspecified atom stereocenters. The van der Waals surface area contributed by atoms with Crippen molar-refractivity contribution in [2.45, 2.75) is 0 Å². The van der Waals surface area contributed by atoms with Gasteiger partial charge in [-0.2, -0.15) is 0 Å². The fourth-order valence-corrected chi connectivity index (χ4v) is 8.19. The van der Waals surface area contributed by atoms with Crippen LogP contribution in [-0.4, -0.2) is 0 Å². The average Bonchev–Trinajstić information content (AvgIpc) is 3.27. The molecule has 0 N–H and O–H groups in total. The summed E-state index contributed by atoms with van der Waals surface area (Å²) in [5, 5.41) is 7.50. The molecule has 1 heteroatoms. The van der Waals surface area contributed by atoms with Crippen molar-refractivity contribution >= 4 is 49.4 Å². The minimum absolute atomic E-state index is 1.10. The SMILES string of the molecule is c1ccc(-c2ccc(N(c3ccc(-c4cccc5ccccc45)cc3)c3ccc(-c4c(-c5cccc6ccccc56)ccc5ccccc45)cc3)cc2)cc1. The molecular formula is C54H37N. The lowest BCUT2D eigenvalue weighted by atomic mass is 9.88. The Morgan fingerprint density at radius 3 is 1.24 bits per heavy atom. The number of rotatable bonds is 7. The van der Waals surface area contributed by atoms with E-state index in [0.29, 0.717) is 0 Å². The highest BCUT2D eigenvalue weighted by Gasteiger charge is 2.17. The number of anilines is 3. The van der Waals surface area contributed by atoms with E-state index in [1.165, 1.54) is 76.8 Å². The molecule has 0 saturated heterocycles. The topological polar surface area (TPSA) is 3.24 Å². The summed E-state index contributed by atoms with van der Waals surface area (Å²) in [6.45, 7) is 0. The minimum atomic E-state index is 1.10. The van der Waals surface area contributed by atoms with Crippen LogP contribution in [-0.2, 0) is 0 Å². The van der Waals surface area contributed by atoms with Gasteiger partial charge in [-0.05, 0) is 113 Å². The molecular weight excluding hydrogens is 663 g/mol. The molecule has 0 amide bonds. The van der Waals surface area contributed by atoms with Gasteiger partial charge in [-0.3, -0.25) is 0 Å². The summed E-state index contributed by atoms with van der Waals surface area (Å²) >= 11 is 0. The van der Waals surface area contributed by atoms with E-state index in [2.05, 4.69) is 229 Å². The zero-order valence-corrected chi connectivity index (χ0v) is 30.3. The Morgan fingerprint density at radius 2 is 0.636 bits per heavy atom. The standard InChI is InChI=1S/C54H37N/c1-2-12-38(13-3-1)39-24-31-45(32-25-39)55(46-33-26-43(27-34-46)49-22-10-17-40-14-4-7-19-48(40)49)47-35-28-44(29-36-47)54-51-21-9-6-16-42(51)30-37-53(54)52-23-11-18-41-15-5-8-20-50(41)52/h1-37H. The van der Waals surface area contributed by atoms with Crippen molar-refractivity contribution in [2.75, 3.05) is 4.90 Å². The molecule has 10 aromatic carbocycles. The second-order valence-corrected chi connectivity index (χ2v) is 14.1. The Kier molecular flexibility index (Phi) is 8.24. The van der Waals surface area contributed by atoms with Crippen LogP contribution in [0.3, 0.4) is 0 Å². The molecule has 0 aliphatic rings. The van der Waals surface area contributed by atoms with Crippen LogP contribution >= 0.6 is 0 Å². The Hall–Kier alpha value is -7.22. The summed E-state index contributed by atoms with van der Waals surface area (Å²) in [5.41, 5.74) is 13.1. The first-order chi connectivity index (χ1) is 27.3. The van der Waals surface area contributed by atoms with Gasteiger partial charge in [0.25, 0.3) is 0 Å². The summed E-state index contributed by atoms with van der Waals surface area (Å²) in [4.78, 5) is 2.36. The predicted molar refractivity (Wildman–Crippen MR) is 235 cm³/mol. The second-order valence-electron chi connectivity index (χ2n) is 14.1. The molecule has 0 spiro atoms. The molecule has 0 aliphatic heterocycles. The van der Waals surface area contributed by atoms with Crippen molar-refractivity contribution in [3.8, 4) is 44.5 Å². The van der Waals surface area contributed by atoms with E-state index in [4.69, 9.17) is 0 Å². The Bertz CT molecular complexity index is 2930. The van der Waals surface area contributed by atoms with E-state index in [1.54, 1.807) is 0 Å². The molecule has 10 aromatic rings. The zero-order valence-electron chi connectivity index (χ0n) is 30.3. The third kappa shape index (κ3) is 6.02. The molecule has 0 fully saturated rings. The molecule has 0 bridgehead atoms. The lowest BCUT2D eigenvalue weighted by molar-refractivity contribution is 1.28. The Morgan fingerprint density at radius 1 is 0.218 bits per heavy atom. The molecule has 1 nitrogen and oxygen atoms in total. The highest BCUT2D eigenvalue weighted by Crippen LogP contribution is 2.43. The summed E-state index contributed by atoms with van der Waals surface area (Å²) in [5.74, 6) is 0. The van der Waals surface area contributed by atoms with Crippen LogP contribution in [0.15, 0.2) is 224 Å². The van der Waals surface area contributed by atoms with Gasteiger partial charge in [-0.1, -0.05) is 188 Å².